The Morgan fingerprint density at radius 2 is 1.66 bits per heavy atom. The summed E-state index contributed by atoms with van der Waals surface area (Å²) in [5.74, 6) is 0.208. The van der Waals surface area contributed by atoms with Gasteiger partial charge in [0.1, 0.15) is 12.3 Å². The van der Waals surface area contributed by atoms with Crippen molar-refractivity contribution in [1.82, 2.24) is 5.32 Å². The van der Waals surface area contributed by atoms with E-state index in [4.69, 9.17) is 4.74 Å². The van der Waals surface area contributed by atoms with Crippen molar-refractivity contribution in [3.8, 4) is 5.75 Å². The molecule has 6 nitrogen and oxygen atoms in total. The normalized spacial score (nSPS) is 14.0. The van der Waals surface area contributed by atoms with Crippen molar-refractivity contribution in [2.45, 2.75) is 50.0 Å². The van der Waals surface area contributed by atoms with E-state index in [2.05, 4.69) is 23.5 Å². The topological polar surface area (TPSA) is 75.7 Å². The van der Waals surface area contributed by atoms with Gasteiger partial charge in [-0.15, -0.1) is 0 Å². The fourth-order valence-corrected chi connectivity index (χ4v) is 5.97. The Bertz CT molecular complexity index is 1260. The molecule has 184 valence electrons. The molecule has 1 aliphatic carbocycles. The summed E-state index contributed by atoms with van der Waals surface area (Å²) in [7, 11) is -2.45. The van der Waals surface area contributed by atoms with E-state index in [1.54, 1.807) is 36.4 Å². The van der Waals surface area contributed by atoms with Crippen LogP contribution >= 0.6 is 0 Å². The Morgan fingerprint density at radius 1 is 0.971 bits per heavy atom. The molecule has 0 radical (unpaired) electrons. The minimum atomic E-state index is -3.98. The van der Waals surface area contributed by atoms with Gasteiger partial charge in [0.2, 0.25) is 5.91 Å². The molecule has 0 bridgehead atoms. The number of aryl methyl sites for hydroxylation is 2. The van der Waals surface area contributed by atoms with Gasteiger partial charge in [-0.1, -0.05) is 43.3 Å². The van der Waals surface area contributed by atoms with E-state index in [9.17, 15) is 13.2 Å². The van der Waals surface area contributed by atoms with E-state index >= 15 is 0 Å². The minimum Gasteiger partial charge on any atom is -0.497 e. The molecular weight excluding hydrogens is 460 g/mol. The van der Waals surface area contributed by atoms with E-state index in [1.807, 2.05) is 13.0 Å². The number of benzene rings is 3. The number of anilines is 1. The number of fused-ring (bicyclic) bond motifs is 1. The van der Waals surface area contributed by atoms with Crippen LogP contribution in [0, 0.1) is 0 Å². The second-order valence-electron chi connectivity index (χ2n) is 8.79. The van der Waals surface area contributed by atoms with Gasteiger partial charge in [0, 0.05) is 0 Å². The van der Waals surface area contributed by atoms with Gasteiger partial charge in [0.15, 0.2) is 0 Å². The Morgan fingerprint density at radius 3 is 2.31 bits per heavy atom. The molecule has 1 aliphatic rings. The Balaban J connectivity index is 1.57. The van der Waals surface area contributed by atoms with Gasteiger partial charge in [-0.2, -0.15) is 0 Å². The third-order valence-electron chi connectivity index (χ3n) is 6.50. The van der Waals surface area contributed by atoms with E-state index in [0.29, 0.717) is 17.9 Å². The maximum atomic E-state index is 13.6. The van der Waals surface area contributed by atoms with Crippen molar-refractivity contribution < 1.29 is 17.9 Å². The number of hydrogen-bond acceptors (Lipinski definition) is 4. The average Bonchev–Trinajstić information content (AvgIpc) is 2.90. The van der Waals surface area contributed by atoms with Crippen LogP contribution in [0.3, 0.4) is 0 Å². The average molecular weight is 493 g/mol. The third kappa shape index (κ3) is 5.68. The first kappa shape index (κ1) is 24.8. The Labute approximate surface area is 208 Å². The van der Waals surface area contributed by atoms with Crippen LogP contribution in [0.25, 0.3) is 0 Å². The standard InChI is InChI=1S/C28H32N2O4S/c1-3-27(23-14-13-21-9-7-8-10-22(21)19-23)29-28(31)20-30(24-11-5-4-6-12-24)35(32,33)26-17-15-25(34-2)16-18-26/h4-6,11-19,27H,3,7-10,20H2,1-2H3,(H,29,31)/t27-/m1/s1. The molecule has 3 aromatic carbocycles. The lowest BCUT2D eigenvalue weighted by Crippen LogP contribution is -2.42. The molecule has 0 fully saturated rings. The predicted molar refractivity (Wildman–Crippen MR) is 138 cm³/mol. The van der Waals surface area contributed by atoms with Crippen LogP contribution in [0.2, 0.25) is 0 Å². The lowest BCUT2D eigenvalue weighted by Gasteiger charge is -2.26. The number of methoxy groups -OCH3 is 1. The second kappa shape index (κ2) is 11.0. The number of nitrogens with zero attached hydrogens (tertiary/aromatic N) is 1. The number of amides is 1. The number of ether oxygens (including phenoxy) is 1. The van der Waals surface area contributed by atoms with Crippen molar-refractivity contribution in [3.05, 3.63) is 89.5 Å². The zero-order valence-electron chi connectivity index (χ0n) is 20.2. The molecule has 1 atom stereocenters. The van der Waals surface area contributed by atoms with Crippen molar-refractivity contribution in [2.24, 2.45) is 0 Å². The summed E-state index contributed by atoms with van der Waals surface area (Å²) in [5, 5.41) is 3.07. The van der Waals surface area contributed by atoms with Crippen LogP contribution in [0.1, 0.15) is 48.9 Å². The summed E-state index contributed by atoms with van der Waals surface area (Å²) in [5.41, 5.74) is 4.24. The third-order valence-corrected chi connectivity index (χ3v) is 8.29. The first-order valence-electron chi connectivity index (χ1n) is 12.0. The molecule has 4 rings (SSSR count). The minimum absolute atomic E-state index is 0.0941. The molecule has 0 aliphatic heterocycles. The van der Waals surface area contributed by atoms with Gasteiger partial charge in [-0.25, -0.2) is 8.42 Å². The van der Waals surface area contributed by atoms with Crippen molar-refractivity contribution >= 4 is 21.6 Å². The molecule has 0 saturated carbocycles. The number of hydrogen-bond donors (Lipinski definition) is 1. The number of rotatable bonds is 9. The van der Waals surface area contributed by atoms with E-state index in [-0.39, 0.29) is 23.4 Å². The fraction of sp³-hybridized carbons (Fsp3) is 0.321. The Kier molecular flexibility index (Phi) is 7.76. The summed E-state index contributed by atoms with van der Waals surface area (Å²) >= 11 is 0. The lowest BCUT2D eigenvalue weighted by molar-refractivity contribution is -0.120. The quantitative estimate of drug-likeness (QED) is 0.454. The van der Waals surface area contributed by atoms with Gasteiger partial charge in [0.25, 0.3) is 10.0 Å². The highest BCUT2D eigenvalue weighted by atomic mass is 32.2. The van der Waals surface area contributed by atoms with Crippen LogP contribution in [0.15, 0.2) is 77.7 Å². The molecular formula is C28H32N2O4S. The fourth-order valence-electron chi connectivity index (χ4n) is 4.55. The zero-order chi connectivity index (χ0) is 24.8. The number of carbonyl (C=O) groups excluding carboxylic acids is 1. The molecule has 0 spiro atoms. The molecule has 35 heavy (non-hydrogen) atoms. The molecule has 3 aromatic rings. The molecule has 0 unspecified atom stereocenters. The second-order valence-corrected chi connectivity index (χ2v) is 10.6. The molecule has 1 amide bonds. The number of para-hydroxylation sites is 1. The maximum absolute atomic E-state index is 13.6. The highest BCUT2D eigenvalue weighted by Crippen LogP contribution is 2.27. The van der Waals surface area contributed by atoms with Crippen LogP contribution in [0.4, 0.5) is 5.69 Å². The molecule has 0 aromatic heterocycles. The van der Waals surface area contributed by atoms with E-state index in [0.717, 1.165) is 22.7 Å². The molecule has 0 heterocycles. The summed E-state index contributed by atoms with van der Waals surface area (Å²) in [6.45, 7) is 1.70. The summed E-state index contributed by atoms with van der Waals surface area (Å²) < 4.78 is 33.4. The zero-order valence-corrected chi connectivity index (χ0v) is 21.1. The van der Waals surface area contributed by atoms with Crippen molar-refractivity contribution in [1.29, 1.82) is 0 Å². The summed E-state index contributed by atoms with van der Waals surface area (Å²) in [6, 6.07) is 21.1. The van der Waals surface area contributed by atoms with Crippen LogP contribution in [-0.4, -0.2) is 28.0 Å². The van der Waals surface area contributed by atoms with E-state index in [1.165, 1.54) is 43.2 Å². The lowest BCUT2D eigenvalue weighted by atomic mass is 9.89. The van der Waals surface area contributed by atoms with Gasteiger partial charge < -0.3 is 10.1 Å². The smallest absolute Gasteiger partial charge is 0.264 e. The van der Waals surface area contributed by atoms with Gasteiger partial charge in [-0.05, 0) is 85.2 Å². The summed E-state index contributed by atoms with van der Waals surface area (Å²) in [6.07, 6.45) is 5.29. The monoisotopic (exact) mass is 492 g/mol. The molecule has 0 saturated heterocycles. The first-order chi connectivity index (χ1) is 16.9. The van der Waals surface area contributed by atoms with E-state index < -0.39 is 10.0 Å². The highest BCUT2D eigenvalue weighted by Gasteiger charge is 2.28. The number of nitrogens with one attached hydrogen (secondary N) is 1. The predicted octanol–water partition coefficient (Wildman–Crippen LogP) is 5.04. The Hall–Kier alpha value is -3.32. The van der Waals surface area contributed by atoms with Gasteiger partial charge >= 0.3 is 0 Å². The van der Waals surface area contributed by atoms with Crippen molar-refractivity contribution in [2.75, 3.05) is 18.0 Å². The summed E-state index contributed by atoms with van der Waals surface area (Å²) in [4.78, 5) is 13.3. The SMILES string of the molecule is CC[C@@H](NC(=O)CN(c1ccccc1)S(=O)(=O)c1ccc(OC)cc1)c1ccc2c(c1)CCCC2. The van der Waals surface area contributed by atoms with Crippen LogP contribution in [-0.2, 0) is 27.7 Å². The van der Waals surface area contributed by atoms with Gasteiger partial charge in [-0.3, -0.25) is 9.10 Å². The molecule has 1 N–H and O–H groups in total. The van der Waals surface area contributed by atoms with Crippen LogP contribution < -0.4 is 14.4 Å². The van der Waals surface area contributed by atoms with Crippen LogP contribution in [0.5, 0.6) is 5.75 Å². The first-order valence-corrected chi connectivity index (χ1v) is 13.5. The number of sulfonamides is 1. The largest absolute Gasteiger partial charge is 0.497 e. The maximum Gasteiger partial charge on any atom is 0.264 e. The van der Waals surface area contributed by atoms with Crippen molar-refractivity contribution in [3.63, 3.8) is 0 Å². The van der Waals surface area contributed by atoms with Gasteiger partial charge in [0.05, 0.1) is 23.7 Å². The highest BCUT2D eigenvalue weighted by molar-refractivity contribution is 7.92. The number of carbonyl (C=O) groups is 1. The molecule has 7 heteroatoms.